The van der Waals surface area contributed by atoms with Gasteiger partial charge in [0.05, 0.1) is 0 Å². The van der Waals surface area contributed by atoms with Crippen molar-refractivity contribution < 1.29 is 28.6 Å². The third-order valence-corrected chi connectivity index (χ3v) is 14.1. The second-order valence-corrected chi connectivity index (χ2v) is 21.6. The van der Waals surface area contributed by atoms with Gasteiger partial charge in [-0.25, -0.2) is 0 Å². The summed E-state index contributed by atoms with van der Waals surface area (Å²) < 4.78 is 16.9. The normalized spacial score (nSPS) is 12.6. The highest BCUT2D eigenvalue weighted by molar-refractivity contribution is 5.71. The van der Waals surface area contributed by atoms with Gasteiger partial charge in [-0.05, 0) is 96.3 Å². The Morgan fingerprint density at radius 2 is 0.513 bits per heavy atom. The summed E-state index contributed by atoms with van der Waals surface area (Å²) in [7, 11) is 0. The zero-order chi connectivity index (χ0) is 55.0. The molecule has 0 aromatic rings. The van der Waals surface area contributed by atoms with Crippen LogP contribution in [0.3, 0.4) is 0 Å². The number of hydrogen-bond acceptors (Lipinski definition) is 6. The Bertz CT molecular complexity index is 1450. The van der Waals surface area contributed by atoms with Crippen molar-refractivity contribution in [2.24, 2.45) is 0 Å². The lowest BCUT2D eigenvalue weighted by Crippen LogP contribution is -2.30. The number of ether oxygens (including phenoxy) is 3. The minimum atomic E-state index is -0.776. The monoisotopic (exact) mass is 1060 g/mol. The van der Waals surface area contributed by atoms with Crippen molar-refractivity contribution in [3.63, 3.8) is 0 Å². The van der Waals surface area contributed by atoms with Crippen molar-refractivity contribution in [1.82, 2.24) is 0 Å². The van der Waals surface area contributed by atoms with Crippen molar-refractivity contribution in [3.8, 4) is 0 Å². The molecule has 438 valence electrons. The van der Waals surface area contributed by atoms with Crippen LogP contribution >= 0.6 is 0 Å². The molecule has 0 aromatic carbocycles. The van der Waals surface area contributed by atoms with E-state index in [0.717, 1.165) is 96.3 Å². The van der Waals surface area contributed by atoms with Crippen LogP contribution in [0.15, 0.2) is 85.1 Å². The van der Waals surface area contributed by atoms with Gasteiger partial charge in [0.2, 0.25) is 0 Å². The van der Waals surface area contributed by atoms with E-state index in [1.807, 2.05) is 0 Å². The predicted octanol–water partition coefficient (Wildman–Crippen LogP) is 22.3. The van der Waals surface area contributed by atoms with Crippen molar-refractivity contribution in [1.29, 1.82) is 0 Å². The quantitative estimate of drug-likeness (QED) is 0.0261. The fraction of sp³-hybridized carbons (Fsp3) is 0.757. The molecule has 6 nitrogen and oxygen atoms in total. The van der Waals surface area contributed by atoms with E-state index in [4.69, 9.17) is 14.2 Å². The Morgan fingerprint density at radius 3 is 0.816 bits per heavy atom. The van der Waals surface area contributed by atoms with E-state index in [9.17, 15) is 14.4 Å². The molecule has 1 atom stereocenters. The minimum absolute atomic E-state index is 0.0747. The second kappa shape index (κ2) is 64.1. The molecule has 0 N–H and O–H groups in total. The van der Waals surface area contributed by atoms with E-state index in [2.05, 4.69) is 106 Å². The minimum Gasteiger partial charge on any atom is -0.462 e. The molecular weight excluding hydrogens is 937 g/mol. The van der Waals surface area contributed by atoms with Crippen LogP contribution in [-0.4, -0.2) is 37.2 Å². The van der Waals surface area contributed by atoms with E-state index in [0.29, 0.717) is 19.3 Å². The van der Waals surface area contributed by atoms with Crippen LogP contribution in [0.4, 0.5) is 0 Å². The lowest BCUT2D eigenvalue weighted by molar-refractivity contribution is -0.167. The topological polar surface area (TPSA) is 78.9 Å². The first-order valence-corrected chi connectivity index (χ1v) is 32.6. The van der Waals surface area contributed by atoms with Crippen LogP contribution in [0.2, 0.25) is 0 Å². The van der Waals surface area contributed by atoms with Gasteiger partial charge in [0, 0.05) is 19.3 Å². The van der Waals surface area contributed by atoms with Gasteiger partial charge in [-0.15, -0.1) is 0 Å². The molecule has 0 bridgehead atoms. The first kappa shape index (κ1) is 72.6. The second-order valence-electron chi connectivity index (χ2n) is 21.6. The molecule has 0 saturated heterocycles. The van der Waals surface area contributed by atoms with Gasteiger partial charge < -0.3 is 14.2 Å². The highest BCUT2D eigenvalue weighted by atomic mass is 16.6. The Balaban J connectivity index is 4.16. The van der Waals surface area contributed by atoms with Gasteiger partial charge in [-0.2, -0.15) is 0 Å². The summed E-state index contributed by atoms with van der Waals surface area (Å²) in [5, 5.41) is 0. The number of rotatable bonds is 59. The SMILES string of the molecule is CC/C=C\C/C=C\C/C=C\C/C=C\C/C=C\C/C=C\CCCCCCCCCCCCCCC(=O)OCC(COC(=O)CCCCCCCCCCC)OC(=O)CCCCCCCCC/C=C\CCCCCCCCC. The van der Waals surface area contributed by atoms with Gasteiger partial charge in [-0.3, -0.25) is 14.4 Å². The number of hydrogen-bond donors (Lipinski definition) is 0. The molecule has 0 spiro atoms. The highest BCUT2D eigenvalue weighted by Gasteiger charge is 2.19. The van der Waals surface area contributed by atoms with Crippen molar-refractivity contribution in [3.05, 3.63) is 85.1 Å². The summed E-state index contributed by atoms with van der Waals surface area (Å²) in [5.74, 6) is -0.871. The van der Waals surface area contributed by atoms with Crippen molar-refractivity contribution in [2.75, 3.05) is 13.2 Å². The molecule has 0 rings (SSSR count). The maximum Gasteiger partial charge on any atom is 0.306 e. The molecule has 0 radical (unpaired) electrons. The summed E-state index contributed by atoms with van der Waals surface area (Å²) in [4.78, 5) is 38.2. The molecule has 0 aliphatic carbocycles. The summed E-state index contributed by atoms with van der Waals surface area (Å²) >= 11 is 0. The Morgan fingerprint density at radius 1 is 0.276 bits per heavy atom. The molecule has 0 fully saturated rings. The number of allylic oxidation sites excluding steroid dienone is 14. The summed E-state index contributed by atoms with van der Waals surface area (Å²) in [6.07, 6.45) is 84.6. The number of esters is 3. The fourth-order valence-corrected chi connectivity index (χ4v) is 9.27. The molecule has 0 aliphatic rings. The molecule has 0 saturated carbocycles. The molecule has 0 aliphatic heterocycles. The van der Waals surface area contributed by atoms with Crippen LogP contribution in [-0.2, 0) is 28.6 Å². The van der Waals surface area contributed by atoms with Gasteiger partial charge in [-0.1, -0.05) is 292 Å². The third-order valence-electron chi connectivity index (χ3n) is 14.1. The number of unbranched alkanes of at least 4 members (excludes halogenated alkanes) is 34. The highest BCUT2D eigenvalue weighted by Crippen LogP contribution is 2.16. The Hall–Kier alpha value is -3.41. The number of carbonyl (C=O) groups is 3. The Kier molecular flexibility index (Phi) is 61.2. The zero-order valence-corrected chi connectivity index (χ0v) is 50.3. The van der Waals surface area contributed by atoms with Crippen LogP contribution in [0.5, 0.6) is 0 Å². The van der Waals surface area contributed by atoms with Gasteiger partial charge in [0.25, 0.3) is 0 Å². The molecule has 0 heterocycles. The summed E-state index contributed by atoms with van der Waals surface area (Å²) in [5.41, 5.74) is 0. The van der Waals surface area contributed by atoms with E-state index in [-0.39, 0.29) is 31.1 Å². The van der Waals surface area contributed by atoms with Crippen LogP contribution in [0, 0.1) is 0 Å². The van der Waals surface area contributed by atoms with Gasteiger partial charge >= 0.3 is 17.9 Å². The Labute approximate surface area is 471 Å². The first-order chi connectivity index (χ1) is 37.5. The number of carbonyl (C=O) groups excluding carboxylic acids is 3. The average molecular weight is 1060 g/mol. The summed E-state index contributed by atoms with van der Waals surface area (Å²) in [6.45, 7) is 6.53. The standard InChI is InChI=1S/C70H122O6/c1-4-7-10-13-16-19-21-23-25-27-29-30-31-32-33-34-35-36-37-38-39-40-41-43-44-46-48-51-54-57-60-63-69(72)75-66-67(65-74-68(71)62-59-56-53-50-18-15-12-9-6-3)76-70(73)64-61-58-55-52-49-47-45-42-28-26-24-22-20-17-14-11-8-5-2/h7,10,16,19,23,25-26,28-30,32-33,35-36,67H,4-6,8-9,11-15,17-18,20-22,24,27,31,34,37-66H2,1-3H3/b10-7-,19-16-,25-23-,28-26-,30-29-,33-32-,36-35-. The van der Waals surface area contributed by atoms with E-state index in [1.54, 1.807) is 0 Å². The van der Waals surface area contributed by atoms with Crippen LogP contribution < -0.4 is 0 Å². The lowest BCUT2D eigenvalue weighted by Gasteiger charge is -2.18. The van der Waals surface area contributed by atoms with Crippen molar-refractivity contribution in [2.45, 2.75) is 329 Å². The van der Waals surface area contributed by atoms with Crippen LogP contribution in [0.25, 0.3) is 0 Å². The molecule has 0 aromatic heterocycles. The fourth-order valence-electron chi connectivity index (χ4n) is 9.27. The maximum atomic E-state index is 12.9. The van der Waals surface area contributed by atoms with Gasteiger partial charge in [0.15, 0.2) is 6.10 Å². The molecule has 6 heteroatoms. The molecule has 1 unspecified atom stereocenters. The third kappa shape index (κ3) is 61.4. The van der Waals surface area contributed by atoms with E-state index in [1.165, 1.54) is 186 Å². The van der Waals surface area contributed by atoms with Crippen LogP contribution in [0.1, 0.15) is 323 Å². The smallest absolute Gasteiger partial charge is 0.306 e. The largest absolute Gasteiger partial charge is 0.462 e. The van der Waals surface area contributed by atoms with Gasteiger partial charge in [0.1, 0.15) is 13.2 Å². The lowest BCUT2D eigenvalue weighted by atomic mass is 10.0. The van der Waals surface area contributed by atoms with E-state index < -0.39 is 6.10 Å². The predicted molar refractivity (Wildman–Crippen MR) is 330 cm³/mol. The molecule has 76 heavy (non-hydrogen) atoms. The molecular formula is C70H122O6. The average Bonchev–Trinajstić information content (AvgIpc) is 3.42. The van der Waals surface area contributed by atoms with Crippen molar-refractivity contribution >= 4 is 17.9 Å². The van der Waals surface area contributed by atoms with E-state index >= 15 is 0 Å². The zero-order valence-electron chi connectivity index (χ0n) is 50.3. The summed E-state index contributed by atoms with van der Waals surface area (Å²) in [6, 6.07) is 0. The first-order valence-electron chi connectivity index (χ1n) is 32.6. The maximum absolute atomic E-state index is 12.9. The molecule has 0 amide bonds.